The minimum absolute atomic E-state index is 0.197. The molecule has 0 fully saturated rings. The summed E-state index contributed by atoms with van der Waals surface area (Å²) < 4.78 is 10.2. The number of carbonyl (C=O) groups excluding carboxylic acids is 3. The minimum Gasteiger partial charge on any atom is -0.468 e. The molecule has 1 aliphatic carbocycles. The molecule has 1 N–H and O–H groups in total. The van der Waals surface area contributed by atoms with Gasteiger partial charge in [-0.1, -0.05) is 36.8 Å². The summed E-state index contributed by atoms with van der Waals surface area (Å²) in [4.78, 5) is 38.7. The molecule has 1 aliphatic heterocycles. The average molecular weight is 397 g/mol. The first-order valence-corrected chi connectivity index (χ1v) is 9.86. The molecule has 29 heavy (non-hydrogen) atoms. The second-order valence-electron chi connectivity index (χ2n) is 7.67. The Morgan fingerprint density at radius 2 is 1.83 bits per heavy atom. The van der Waals surface area contributed by atoms with E-state index < -0.39 is 23.8 Å². The number of ketones is 1. The number of methoxy groups -OCH3 is 1. The molecule has 0 saturated heterocycles. The third kappa shape index (κ3) is 3.71. The molecule has 154 valence electrons. The monoisotopic (exact) mass is 397 g/mol. The molecular formula is C23H27NO5. The lowest BCUT2D eigenvalue weighted by Crippen LogP contribution is -2.43. The standard InChI is InChI=1S/C23H27NO5/c1-6-29-23(27)18-14(4)24-16-11-13(3)17(22(26)28-5)21(25)20(16)19(18)15-9-7-12(2)8-10-15/h7-10,13,17,19,24H,6,11H2,1-5H3/t13-,17+,19-/m0/s1. The van der Waals surface area contributed by atoms with Crippen LogP contribution >= 0.6 is 0 Å². The topological polar surface area (TPSA) is 81.7 Å². The van der Waals surface area contributed by atoms with Crippen LogP contribution in [0.4, 0.5) is 0 Å². The Morgan fingerprint density at radius 3 is 2.41 bits per heavy atom. The fraction of sp³-hybridized carbons (Fsp3) is 0.435. The molecule has 3 atom stereocenters. The summed E-state index contributed by atoms with van der Waals surface area (Å²) in [5, 5.41) is 3.24. The molecule has 0 aromatic heterocycles. The Morgan fingerprint density at radius 1 is 1.17 bits per heavy atom. The van der Waals surface area contributed by atoms with Gasteiger partial charge in [0.1, 0.15) is 5.92 Å². The van der Waals surface area contributed by atoms with Crippen LogP contribution in [0.25, 0.3) is 0 Å². The number of ether oxygens (including phenoxy) is 2. The number of esters is 2. The van der Waals surface area contributed by atoms with E-state index in [1.165, 1.54) is 7.11 Å². The molecule has 0 bridgehead atoms. The molecule has 3 rings (SSSR count). The van der Waals surface area contributed by atoms with Gasteiger partial charge in [0.25, 0.3) is 0 Å². The predicted octanol–water partition coefficient (Wildman–Crippen LogP) is 3.17. The second-order valence-corrected chi connectivity index (χ2v) is 7.67. The number of Topliss-reactive ketones (excluding diaryl/α,β-unsaturated/α-hetero) is 1. The van der Waals surface area contributed by atoms with Crippen molar-refractivity contribution in [2.24, 2.45) is 11.8 Å². The molecule has 0 saturated carbocycles. The van der Waals surface area contributed by atoms with Crippen molar-refractivity contribution >= 4 is 17.7 Å². The van der Waals surface area contributed by atoms with Gasteiger partial charge in [0, 0.05) is 22.9 Å². The van der Waals surface area contributed by atoms with Gasteiger partial charge < -0.3 is 14.8 Å². The van der Waals surface area contributed by atoms with E-state index in [-0.39, 0.29) is 18.3 Å². The van der Waals surface area contributed by atoms with Crippen LogP contribution in [0.15, 0.2) is 46.8 Å². The van der Waals surface area contributed by atoms with Gasteiger partial charge in [-0.2, -0.15) is 0 Å². The number of benzene rings is 1. The van der Waals surface area contributed by atoms with Crippen LogP contribution in [0, 0.1) is 18.8 Å². The van der Waals surface area contributed by atoms with E-state index in [1.54, 1.807) is 6.92 Å². The summed E-state index contributed by atoms with van der Waals surface area (Å²) in [6.45, 7) is 7.64. The molecule has 6 nitrogen and oxygen atoms in total. The Balaban J connectivity index is 2.18. The van der Waals surface area contributed by atoms with Crippen molar-refractivity contribution in [2.45, 2.75) is 40.0 Å². The lowest BCUT2D eigenvalue weighted by atomic mass is 9.69. The molecule has 1 heterocycles. The Kier molecular flexibility index (Phi) is 5.91. The molecular weight excluding hydrogens is 370 g/mol. The van der Waals surface area contributed by atoms with Crippen LogP contribution in [0.1, 0.15) is 44.2 Å². The van der Waals surface area contributed by atoms with E-state index in [9.17, 15) is 14.4 Å². The summed E-state index contributed by atoms with van der Waals surface area (Å²) in [5.74, 6) is -2.96. The van der Waals surface area contributed by atoms with Crippen molar-refractivity contribution < 1.29 is 23.9 Å². The largest absolute Gasteiger partial charge is 0.468 e. The van der Waals surface area contributed by atoms with Gasteiger partial charge in [-0.05, 0) is 38.7 Å². The van der Waals surface area contributed by atoms with Gasteiger partial charge in [-0.3, -0.25) is 9.59 Å². The number of hydrogen-bond donors (Lipinski definition) is 1. The van der Waals surface area contributed by atoms with Gasteiger partial charge in [-0.15, -0.1) is 0 Å². The molecule has 0 unspecified atom stereocenters. The molecule has 0 radical (unpaired) electrons. The highest BCUT2D eigenvalue weighted by molar-refractivity contribution is 6.12. The third-order valence-corrected chi connectivity index (χ3v) is 5.65. The quantitative estimate of drug-likeness (QED) is 0.621. The number of dihydropyridines is 1. The summed E-state index contributed by atoms with van der Waals surface area (Å²) >= 11 is 0. The normalized spacial score (nSPS) is 24.0. The van der Waals surface area contributed by atoms with Crippen LogP contribution in [-0.4, -0.2) is 31.4 Å². The van der Waals surface area contributed by atoms with E-state index in [1.807, 2.05) is 45.0 Å². The Labute approximate surface area is 171 Å². The number of carbonyl (C=O) groups is 3. The first-order valence-electron chi connectivity index (χ1n) is 9.86. The molecule has 2 aliphatic rings. The summed E-state index contributed by atoms with van der Waals surface area (Å²) in [6, 6.07) is 7.73. The van der Waals surface area contributed by atoms with Gasteiger partial charge in [0.2, 0.25) is 0 Å². The van der Waals surface area contributed by atoms with Crippen molar-refractivity contribution in [3.05, 3.63) is 57.9 Å². The number of rotatable bonds is 4. The number of allylic oxidation sites excluding steroid dienone is 3. The highest BCUT2D eigenvalue weighted by Crippen LogP contribution is 2.45. The number of hydrogen-bond acceptors (Lipinski definition) is 6. The van der Waals surface area contributed by atoms with Crippen molar-refractivity contribution in [2.75, 3.05) is 13.7 Å². The van der Waals surface area contributed by atoms with E-state index in [0.29, 0.717) is 23.3 Å². The maximum Gasteiger partial charge on any atom is 0.336 e. The van der Waals surface area contributed by atoms with Crippen LogP contribution in [0.3, 0.4) is 0 Å². The number of nitrogens with one attached hydrogen (secondary N) is 1. The van der Waals surface area contributed by atoms with Crippen molar-refractivity contribution in [1.82, 2.24) is 5.32 Å². The molecule has 6 heteroatoms. The zero-order valence-corrected chi connectivity index (χ0v) is 17.5. The van der Waals surface area contributed by atoms with Crippen LogP contribution in [-0.2, 0) is 23.9 Å². The molecule has 1 aromatic rings. The van der Waals surface area contributed by atoms with Crippen molar-refractivity contribution in [3.63, 3.8) is 0 Å². The summed E-state index contributed by atoms with van der Waals surface area (Å²) in [7, 11) is 1.29. The van der Waals surface area contributed by atoms with Gasteiger partial charge >= 0.3 is 11.9 Å². The minimum atomic E-state index is -0.879. The molecule has 0 amide bonds. The summed E-state index contributed by atoms with van der Waals surface area (Å²) in [5.41, 5.74) is 4.19. The van der Waals surface area contributed by atoms with Gasteiger partial charge in [0.05, 0.1) is 19.3 Å². The SMILES string of the molecule is CCOC(=O)C1=C(C)NC2=C(C(=O)[C@H](C(=O)OC)[C@@H](C)C2)[C@H]1c1ccc(C)cc1. The van der Waals surface area contributed by atoms with E-state index in [0.717, 1.165) is 16.8 Å². The molecule has 0 spiro atoms. The fourth-order valence-electron chi connectivity index (χ4n) is 4.25. The first kappa shape index (κ1) is 20.8. The first-order chi connectivity index (χ1) is 13.8. The van der Waals surface area contributed by atoms with Gasteiger partial charge in [-0.25, -0.2) is 4.79 Å². The lowest BCUT2D eigenvalue weighted by Gasteiger charge is -2.38. The zero-order valence-electron chi connectivity index (χ0n) is 17.5. The smallest absolute Gasteiger partial charge is 0.336 e. The van der Waals surface area contributed by atoms with E-state index in [2.05, 4.69) is 5.32 Å². The van der Waals surface area contributed by atoms with Crippen LogP contribution in [0.5, 0.6) is 0 Å². The van der Waals surface area contributed by atoms with Crippen LogP contribution < -0.4 is 5.32 Å². The fourth-order valence-corrected chi connectivity index (χ4v) is 4.25. The predicted molar refractivity (Wildman–Crippen MR) is 108 cm³/mol. The lowest BCUT2D eigenvalue weighted by molar-refractivity contribution is -0.151. The van der Waals surface area contributed by atoms with Gasteiger partial charge in [0.15, 0.2) is 5.78 Å². The maximum absolute atomic E-state index is 13.5. The maximum atomic E-state index is 13.5. The van der Waals surface area contributed by atoms with Crippen molar-refractivity contribution in [3.8, 4) is 0 Å². The Bertz CT molecular complexity index is 910. The highest BCUT2D eigenvalue weighted by Gasteiger charge is 2.47. The third-order valence-electron chi connectivity index (χ3n) is 5.65. The van der Waals surface area contributed by atoms with Crippen molar-refractivity contribution in [1.29, 1.82) is 0 Å². The Hall–Kier alpha value is -2.89. The molecule has 1 aromatic carbocycles. The number of aryl methyl sites for hydroxylation is 1. The van der Waals surface area contributed by atoms with E-state index >= 15 is 0 Å². The zero-order chi connectivity index (χ0) is 21.3. The summed E-state index contributed by atoms with van der Waals surface area (Å²) in [6.07, 6.45) is 0.524. The van der Waals surface area contributed by atoms with E-state index in [4.69, 9.17) is 9.47 Å². The average Bonchev–Trinajstić information content (AvgIpc) is 2.67. The second kappa shape index (κ2) is 8.23. The highest BCUT2D eigenvalue weighted by atomic mass is 16.5. The van der Waals surface area contributed by atoms with Crippen LogP contribution in [0.2, 0.25) is 0 Å².